The largest absolute Gasteiger partial charge is 0.465 e. The van der Waals surface area contributed by atoms with Crippen LogP contribution in [0, 0.1) is 0 Å². The summed E-state index contributed by atoms with van der Waals surface area (Å²) in [6.07, 6.45) is 2.99. The molecule has 0 fully saturated rings. The molecule has 5 nitrogen and oxygen atoms in total. The first-order valence-corrected chi connectivity index (χ1v) is 4.59. The number of hydrogen-bond acceptors (Lipinski definition) is 4. The lowest BCUT2D eigenvalue weighted by Crippen LogP contribution is -2.03. The van der Waals surface area contributed by atoms with E-state index in [-0.39, 0.29) is 0 Å². The van der Waals surface area contributed by atoms with Crippen LogP contribution in [0.1, 0.15) is 10.4 Å². The topological polar surface area (TPSA) is 56.5 Å². The molecule has 14 heavy (non-hydrogen) atoms. The third-order valence-corrected chi connectivity index (χ3v) is 2.33. The maximum atomic E-state index is 11.2. The Morgan fingerprint density at radius 3 is 3.14 bits per heavy atom. The second-order valence-electron chi connectivity index (χ2n) is 2.60. The first kappa shape index (κ1) is 9.14. The van der Waals surface area contributed by atoms with Crippen LogP contribution in [0.5, 0.6) is 0 Å². The Labute approximate surface area is 87.8 Å². The van der Waals surface area contributed by atoms with E-state index in [0.29, 0.717) is 15.7 Å². The number of aromatic nitrogens is 3. The van der Waals surface area contributed by atoms with Gasteiger partial charge in [0, 0.05) is 6.20 Å². The van der Waals surface area contributed by atoms with Crippen LogP contribution in [0.25, 0.3) is 5.65 Å². The van der Waals surface area contributed by atoms with Crippen molar-refractivity contribution in [3.05, 3.63) is 28.6 Å². The molecule has 0 aromatic carbocycles. The van der Waals surface area contributed by atoms with E-state index in [1.165, 1.54) is 18.0 Å². The molecule has 0 radical (unpaired) electrons. The van der Waals surface area contributed by atoms with Crippen molar-refractivity contribution in [3.8, 4) is 0 Å². The van der Waals surface area contributed by atoms with Gasteiger partial charge < -0.3 is 4.74 Å². The van der Waals surface area contributed by atoms with Gasteiger partial charge in [-0.15, -0.1) is 0 Å². The van der Waals surface area contributed by atoms with Crippen molar-refractivity contribution in [2.24, 2.45) is 0 Å². The number of methoxy groups -OCH3 is 1. The van der Waals surface area contributed by atoms with Gasteiger partial charge in [0.2, 0.25) is 0 Å². The number of halogens is 1. The van der Waals surface area contributed by atoms with Crippen LogP contribution in [0.2, 0.25) is 0 Å². The van der Waals surface area contributed by atoms with Crippen LogP contribution in [0.4, 0.5) is 0 Å². The van der Waals surface area contributed by atoms with Crippen LogP contribution in [-0.4, -0.2) is 27.7 Å². The van der Waals surface area contributed by atoms with Gasteiger partial charge in [0.25, 0.3) is 0 Å². The number of carbonyl (C=O) groups is 1. The highest BCUT2D eigenvalue weighted by atomic mass is 79.9. The number of carbonyl (C=O) groups excluding carboxylic acids is 1. The highest BCUT2D eigenvalue weighted by Gasteiger charge is 2.10. The number of pyridine rings is 1. The molecule has 0 unspecified atom stereocenters. The van der Waals surface area contributed by atoms with Crippen molar-refractivity contribution in [2.45, 2.75) is 0 Å². The van der Waals surface area contributed by atoms with Crippen LogP contribution in [0.15, 0.2) is 23.1 Å². The number of rotatable bonds is 1. The van der Waals surface area contributed by atoms with E-state index >= 15 is 0 Å². The zero-order chi connectivity index (χ0) is 10.1. The first-order valence-electron chi connectivity index (χ1n) is 3.79. The lowest BCUT2D eigenvalue weighted by molar-refractivity contribution is 0.0600. The fourth-order valence-electron chi connectivity index (χ4n) is 1.12. The smallest absolute Gasteiger partial charge is 0.339 e. The van der Waals surface area contributed by atoms with E-state index in [9.17, 15) is 4.79 Å². The van der Waals surface area contributed by atoms with E-state index in [0.717, 1.165) is 0 Å². The lowest BCUT2D eigenvalue weighted by atomic mass is 10.3. The van der Waals surface area contributed by atoms with E-state index < -0.39 is 5.97 Å². The monoisotopic (exact) mass is 255 g/mol. The van der Waals surface area contributed by atoms with Crippen molar-refractivity contribution >= 4 is 27.5 Å². The molecule has 0 atom stereocenters. The van der Waals surface area contributed by atoms with Crippen molar-refractivity contribution < 1.29 is 9.53 Å². The van der Waals surface area contributed by atoms with Crippen molar-refractivity contribution in [1.82, 2.24) is 14.6 Å². The molecule has 0 N–H and O–H groups in total. The second kappa shape index (κ2) is 3.38. The molecule has 0 amide bonds. The normalized spacial score (nSPS) is 10.4. The average Bonchev–Trinajstić information content (AvgIpc) is 2.64. The van der Waals surface area contributed by atoms with Gasteiger partial charge in [-0.05, 0) is 22.0 Å². The predicted molar refractivity (Wildman–Crippen MR) is 52.0 cm³/mol. The summed E-state index contributed by atoms with van der Waals surface area (Å²) < 4.78 is 6.81. The minimum atomic E-state index is -0.400. The van der Waals surface area contributed by atoms with Crippen molar-refractivity contribution in [3.63, 3.8) is 0 Å². The summed E-state index contributed by atoms with van der Waals surface area (Å²) in [7, 11) is 1.34. The van der Waals surface area contributed by atoms with Crippen LogP contribution in [0.3, 0.4) is 0 Å². The quantitative estimate of drug-likeness (QED) is 0.721. The summed E-state index contributed by atoms with van der Waals surface area (Å²) >= 11 is 3.29. The summed E-state index contributed by atoms with van der Waals surface area (Å²) in [5.74, 6) is -0.400. The highest BCUT2D eigenvalue weighted by molar-refractivity contribution is 9.10. The first-order chi connectivity index (χ1) is 6.72. The molecule has 2 heterocycles. The highest BCUT2D eigenvalue weighted by Crippen LogP contribution is 2.17. The van der Waals surface area contributed by atoms with Gasteiger partial charge in [0.15, 0.2) is 5.65 Å². The summed E-state index contributed by atoms with van der Waals surface area (Å²) in [6.45, 7) is 0. The van der Waals surface area contributed by atoms with Gasteiger partial charge in [0.1, 0.15) is 6.33 Å². The molecule has 0 bridgehead atoms. The number of nitrogens with zero attached hydrogens (tertiary/aromatic N) is 3. The Bertz CT molecular complexity index is 494. The molecule has 0 saturated heterocycles. The zero-order valence-electron chi connectivity index (χ0n) is 7.27. The molecule has 0 aliphatic rings. The van der Waals surface area contributed by atoms with Crippen LogP contribution >= 0.6 is 15.9 Å². The third kappa shape index (κ3) is 1.37. The molecule has 0 spiro atoms. The number of fused-ring (bicyclic) bond motifs is 1. The van der Waals surface area contributed by atoms with Gasteiger partial charge in [-0.3, -0.25) is 0 Å². The molecule has 2 aromatic rings. The zero-order valence-corrected chi connectivity index (χ0v) is 8.85. The van der Waals surface area contributed by atoms with E-state index in [4.69, 9.17) is 0 Å². The fourth-order valence-corrected chi connectivity index (χ4v) is 1.65. The van der Waals surface area contributed by atoms with Crippen molar-refractivity contribution in [2.75, 3.05) is 7.11 Å². The number of esters is 1. The van der Waals surface area contributed by atoms with Gasteiger partial charge in [0.05, 0.1) is 17.1 Å². The summed E-state index contributed by atoms with van der Waals surface area (Å²) in [5, 5.41) is 3.92. The van der Waals surface area contributed by atoms with E-state index in [1.54, 1.807) is 12.3 Å². The molecule has 2 aromatic heterocycles. The Morgan fingerprint density at radius 1 is 1.64 bits per heavy atom. The SMILES string of the molecule is COC(=O)c1cc(Br)c2ncnn2c1. The van der Waals surface area contributed by atoms with Gasteiger partial charge in [-0.2, -0.15) is 5.10 Å². The molecule has 2 rings (SSSR count). The van der Waals surface area contributed by atoms with Gasteiger partial charge in [-0.1, -0.05) is 0 Å². The molecular formula is C8H6BrN3O2. The molecule has 0 aliphatic heterocycles. The maximum Gasteiger partial charge on any atom is 0.339 e. The molecule has 72 valence electrons. The Hall–Kier alpha value is -1.43. The molecular weight excluding hydrogens is 250 g/mol. The van der Waals surface area contributed by atoms with E-state index in [1.807, 2.05) is 0 Å². The lowest BCUT2D eigenvalue weighted by Gasteiger charge is -2.00. The number of ether oxygens (including phenoxy) is 1. The molecule has 0 saturated carbocycles. The second-order valence-corrected chi connectivity index (χ2v) is 3.45. The molecule has 0 aliphatic carbocycles. The van der Waals surface area contributed by atoms with Crippen LogP contribution in [-0.2, 0) is 4.74 Å². The van der Waals surface area contributed by atoms with Gasteiger partial charge in [-0.25, -0.2) is 14.3 Å². The Balaban J connectivity index is 2.64. The summed E-state index contributed by atoms with van der Waals surface area (Å²) in [4.78, 5) is 15.2. The Kier molecular flexibility index (Phi) is 2.20. The summed E-state index contributed by atoms with van der Waals surface area (Å²) in [5.41, 5.74) is 1.09. The fraction of sp³-hybridized carbons (Fsp3) is 0.125. The molecule has 6 heteroatoms. The number of hydrogen-bond donors (Lipinski definition) is 0. The Morgan fingerprint density at radius 2 is 2.43 bits per heavy atom. The minimum absolute atomic E-state index is 0.400. The predicted octanol–water partition coefficient (Wildman–Crippen LogP) is 1.28. The van der Waals surface area contributed by atoms with Crippen LogP contribution < -0.4 is 0 Å². The average molecular weight is 256 g/mol. The summed E-state index contributed by atoms with van der Waals surface area (Å²) in [6, 6.07) is 1.65. The van der Waals surface area contributed by atoms with E-state index in [2.05, 4.69) is 30.7 Å². The van der Waals surface area contributed by atoms with Gasteiger partial charge >= 0.3 is 5.97 Å². The third-order valence-electron chi connectivity index (χ3n) is 1.75. The standard InChI is InChI=1S/C8H6BrN3O2/c1-14-8(13)5-2-6(9)7-10-4-11-12(7)3-5/h2-4H,1H3. The minimum Gasteiger partial charge on any atom is -0.465 e. The van der Waals surface area contributed by atoms with Crippen molar-refractivity contribution in [1.29, 1.82) is 0 Å². The maximum absolute atomic E-state index is 11.2.